The molecule has 2 aromatic carbocycles. The molecule has 3 nitrogen and oxygen atoms in total. The summed E-state index contributed by atoms with van der Waals surface area (Å²) in [6.45, 7) is 4.37. The predicted octanol–water partition coefficient (Wildman–Crippen LogP) is 4.99. The van der Waals surface area contributed by atoms with E-state index in [2.05, 4.69) is 36.8 Å². The van der Waals surface area contributed by atoms with E-state index in [9.17, 15) is 5.11 Å². The molecule has 2 atom stereocenters. The SMILES string of the molecule is CC(C)CC=[N+]1C=C(O)O[C@@H](c2ccccc2)[C@H]1c1ccccc1. The van der Waals surface area contributed by atoms with Gasteiger partial charge in [0.1, 0.15) is 6.21 Å². The number of hydrogen-bond donors (Lipinski definition) is 1. The summed E-state index contributed by atoms with van der Waals surface area (Å²) in [6, 6.07) is 20.4. The quantitative estimate of drug-likeness (QED) is 0.805. The van der Waals surface area contributed by atoms with Gasteiger partial charge >= 0.3 is 5.95 Å². The van der Waals surface area contributed by atoms with E-state index in [1.54, 1.807) is 6.20 Å². The van der Waals surface area contributed by atoms with Crippen molar-refractivity contribution in [1.29, 1.82) is 0 Å². The summed E-state index contributed by atoms with van der Waals surface area (Å²) < 4.78 is 7.92. The highest BCUT2D eigenvalue weighted by atomic mass is 16.6. The molecule has 0 aromatic heterocycles. The van der Waals surface area contributed by atoms with E-state index < -0.39 is 0 Å². The zero-order valence-corrected chi connectivity index (χ0v) is 14.2. The van der Waals surface area contributed by atoms with Gasteiger partial charge in [-0.1, -0.05) is 74.5 Å². The third-order valence-corrected chi connectivity index (χ3v) is 4.17. The van der Waals surface area contributed by atoms with Crippen molar-refractivity contribution in [2.75, 3.05) is 0 Å². The summed E-state index contributed by atoms with van der Waals surface area (Å²) >= 11 is 0. The maximum absolute atomic E-state index is 10.1. The lowest BCUT2D eigenvalue weighted by Crippen LogP contribution is -2.29. The van der Waals surface area contributed by atoms with Crippen molar-refractivity contribution in [3.63, 3.8) is 0 Å². The Bertz CT molecular complexity index is 720. The van der Waals surface area contributed by atoms with Crippen LogP contribution in [-0.2, 0) is 4.74 Å². The third kappa shape index (κ3) is 3.67. The molecular weight excluding hydrogens is 298 g/mol. The topological polar surface area (TPSA) is 32.5 Å². The maximum atomic E-state index is 10.1. The molecule has 3 rings (SSSR count). The first kappa shape index (κ1) is 16.3. The monoisotopic (exact) mass is 322 g/mol. The average Bonchev–Trinajstić information content (AvgIpc) is 2.61. The number of nitrogens with zero attached hydrogens (tertiary/aromatic N) is 1. The largest absolute Gasteiger partial charge is 0.477 e. The third-order valence-electron chi connectivity index (χ3n) is 4.17. The molecule has 0 saturated carbocycles. The van der Waals surface area contributed by atoms with Crippen LogP contribution in [0.25, 0.3) is 0 Å². The van der Waals surface area contributed by atoms with Gasteiger partial charge in [0.05, 0.1) is 0 Å². The van der Waals surface area contributed by atoms with Gasteiger partial charge in [-0.15, -0.1) is 0 Å². The van der Waals surface area contributed by atoms with Gasteiger partial charge in [-0.25, -0.2) is 0 Å². The highest BCUT2D eigenvalue weighted by Crippen LogP contribution is 2.39. The van der Waals surface area contributed by atoms with Crippen LogP contribution in [0.15, 0.2) is 72.8 Å². The standard InChI is InChI=1S/C21H23NO2/c1-16(2)13-14-22-15-19(23)24-21(18-11-7-4-8-12-18)20(22)17-9-5-3-6-10-17/h3-12,14-16,20-21H,13H2,1-2H3/p+1/t20-,21+/m1/s1. The van der Waals surface area contributed by atoms with E-state index in [4.69, 9.17) is 4.74 Å². The van der Waals surface area contributed by atoms with Crippen LogP contribution in [0.1, 0.15) is 43.5 Å². The molecule has 3 heteroatoms. The van der Waals surface area contributed by atoms with Crippen molar-refractivity contribution >= 4 is 6.21 Å². The molecule has 1 N–H and O–H groups in total. The number of benzene rings is 2. The van der Waals surface area contributed by atoms with E-state index in [0.29, 0.717) is 5.92 Å². The van der Waals surface area contributed by atoms with Gasteiger partial charge in [0.15, 0.2) is 6.10 Å². The average molecular weight is 322 g/mol. The minimum absolute atomic E-state index is 0.0109. The van der Waals surface area contributed by atoms with Gasteiger partial charge in [0.25, 0.3) is 0 Å². The molecule has 0 radical (unpaired) electrons. The highest BCUT2D eigenvalue weighted by molar-refractivity contribution is 5.52. The molecule has 1 heterocycles. The second-order valence-corrected chi connectivity index (χ2v) is 6.53. The number of ether oxygens (including phenoxy) is 1. The van der Waals surface area contributed by atoms with Gasteiger partial charge in [-0.2, -0.15) is 4.58 Å². The Morgan fingerprint density at radius 1 is 1.00 bits per heavy atom. The number of aliphatic hydroxyl groups is 1. The van der Waals surface area contributed by atoms with Crippen molar-refractivity contribution in [2.24, 2.45) is 5.92 Å². The fourth-order valence-corrected chi connectivity index (χ4v) is 2.98. The van der Waals surface area contributed by atoms with Crippen LogP contribution >= 0.6 is 0 Å². The summed E-state index contributed by atoms with van der Waals surface area (Å²) in [5.74, 6) is 0.506. The van der Waals surface area contributed by atoms with Crippen LogP contribution in [0, 0.1) is 5.92 Å². The molecule has 0 unspecified atom stereocenters. The number of hydrogen-bond acceptors (Lipinski definition) is 2. The van der Waals surface area contributed by atoms with Gasteiger partial charge in [-0.05, 0) is 11.5 Å². The Labute approximate surface area is 143 Å². The fraction of sp³-hybridized carbons (Fsp3) is 0.286. The fourth-order valence-electron chi connectivity index (χ4n) is 2.98. The molecule has 0 aliphatic carbocycles. The van der Waals surface area contributed by atoms with Crippen LogP contribution in [0.5, 0.6) is 0 Å². The molecule has 0 bridgehead atoms. The zero-order chi connectivity index (χ0) is 16.9. The van der Waals surface area contributed by atoms with Gasteiger partial charge in [0.2, 0.25) is 12.2 Å². The van der Waals surface area contributed by atoms with E-state index >= 15 is 0 Å². The lowest BCUT2D eigenvalue weighted by Gasteiger charge is -2.28. The summed E-state index contributed by atoms with van der Waals surface area (Å²) in [7, 11) is 0. The van der Waals surface area contributed by atoms with Crippen LogP contribution in [0.4, 0.5) is 0 Å². The minimum Gasteiger partial charge on any atom is -0.477 e. The van der Waals surface area contributed by atoms with Crippen molar-refractivity contribution in [1.82, 2.24) is 0 Å². The molecule has 0 saturated heterocycles. The molecule has 0 amide bonds. The van der Waals surface area contributed by atoms with E-state index in [1.807, 2.05) is 48.5 Å². The van der Waals surface area contributed by atoms with Crippen LogP contribution in [-0.4, -0.2) is 15.9 Å². The van der Waals surface area contributed by atoms with Crippen LogP contribution < -0.4 is 0 Å². The lowest BCUT2D eigenvalue weighted by atomic mass is 9.94. The molecule has 1 aliphatic heterocycles. The van der Waals surface area contributed by atoms with Gasteiger partial charge in [0, 0.05) is 12.0 Å². The molecular formula is C21H24NO2+. The minimum atomic E-state index is -0.262. The van der Waals surface area contributed by atoms with Crippen LogP contribution in [0.3, 0.4) is 0 Å². The normalized spacial score (nSPS) is 22.3. The van der Waals surface area contributed by atoms with Gasteiger partial charge in [-0.3, -0.25) is 0 Å². The first-order valence-electron chi connectivity index (χ1n) is 8.43. The van der Waals surface area contributed by atoms with E-state index in [-0.39, 0.29) is 18.1 Å². The highest BCUT2D eigenvalue weighted by Gasteiger charge is 2.39. The molecule has 124 valence electrons. The molecule has 0 spiro atoms. The summed E-state index contributed by atoms with van der Waals surface area (Å²) in [4.78, 5) is 0. The van der Waals surface area contributed by atoms with Crippen molar-refractivity contribution < 1.29 is 14.4 Å². The molecule has 0 fully saturated rings. The number of aliphatic hydroxyl groups excluding tert-OH is 1. The Morgan fingerprint density at radius 2 is 1.58 bits per heavy atom. The smallest absolute Gasteiger partial charge is 0.344 e. The molecule has 1 aliphatic rings. The lowest BCUT2D eigenvalue weighted by molar-refractivity contribution is -0.535. The van der Waals surface area contributed by atoms with Crippen molar-refractivity contribution in [2.45, 2.75) is 32.4 Å². The Kier molecular flexibility index (Phi) is 4.99. The Balaban J connectivity index is 2.07. The Hall–Kier alpha value is -2.55. The first-order chi connectivity index (χ1) is 11.6. The van der Waals surface area contributed by atoms with Gasteiger partial charge < -0.3 is 9.84 Å². The zero-order valence-electron chi connectivity index (χ0n) is 14.2. The molecule has 24 heavy (non-hydrogen) atoms. The first-order valence-corrected chi connectivity index (χ1v) is 8.43. The number of rotatable bonds is 4. The van der Waals surface area contributed by atoms with Crippen LogP contribution in [0.2, 0.25) is 0 Å². The Morgan fingerprint density at radius 3 is 2.17 bits per heavy atom. The summed E-state index contributed by atoms with van der Waals surface area (Å²) in [6.07, 6.45) is 4.51. The predicted molar refractivity (Wildman–Crippen MR) is 95.9 cm³/mol. The molecule has 2 aromatic rings. The summed E-state index contributed by atoms with van der Waals surface area (Å²) in [5.41, 5.74) is 2.21. The van der Waals surface area contributed by atoms with Crippen molar-refractivity contribution in [3.05, 3.63) is 83.9 Å². The second kappa shape index (κ2) is 7.35. The summed E-state index contributed by atoms with van der Waals surface area (Å²) in [5, 5.41) is 10.1. The van der Waals surface area contributed by atoms with E-state index in [1.165, 1.54) is 0 Å². The van der Waals surface area contributed by atoms with Crippen molar-refractivity contribution in [3.8, 4) is 0 Å². The second-order valence-electron chi connectivity index (χ2n) is 6.53. The van der Waals surface area contributed by atoms with E-state index in [0.717, 1.165) is 17.5 Å². The maximum Gasteiger partial charge on any atom is 0.344 e.